The number of hydrogen-bond acceptors (Lipinski definition) is 2. The zero-order valence-corrected chi connectivity index (χ0v) is 16.7. The normalized spacial score (nSPS) is 17.5. The van der Waals surface area contributed by atoms with E-state index in [9.17, 15) is 0 Å². The highest BCUT2D eigenvalue weighted by Gasteiger charge is 2.25. The average Bonchev–Trinajstić information content (AvgIpc) is 2.51. The molecule has 0 heterocycles. The maximum absolute atomic E-state index is 5.82. The van der Waals surface area contributed by atoms with Gasteiger partial charge in [0.25, 0.3) is 0 Å². The van der Waals surface area contributed by atoms with Crippen molar-refractivity contribution < 1.29 is 4.74 Å². The molecule has 0 aliphatic heterocycles. The van der Waals surface area contributed by atoms with Crippen LogP contribution in [0.25, 0.3) is 0 Å². The van der Waals surface area contributed by atoms with Crippen LogP contribution in [-0.2, 0) is 10.8 Å². The zero-order valence-electron chi connectivity index (χ0n) is 16.7. The molecular formula is C22H35NO. The Bertz CT molecular complexity index is 581. The lowest BCUT2D eigenvalue weighted by Gasteiger charge is -2.28. The standard InChI is InChI=1S/C22H35NO/c1-21(2,3)17-13-16(15-23-18-11-9-8-10-12-18)20(24-7)19(14-17)22(4,5)6/h13-15,18H,8-12H2,1-7H3. The van der Waals surface area contributed by atoms with Gasteiger partial charge in [-0.25, -0.2) is 0 Å². The molecule has 1 fully saturated rings. The van der Waals surface area contributed by atoms with E-state index < -0.39 is 0 Å². The second-order valence-corrected chi connectivity index (χ2v) is 9.22. The Morgan fingerprint density at radius 1 is 0.958 bits per heavy atom. The number of hydrogen-bond donors (Lipinski definition) is 0. The maximum Gasteiger partial charge on any atom is 0.131 e. The minimum absolute atomic E-state index is 0.0417. The SMILES string of the molecule is COc1c(C=NC2CCCCC2)cc(C(C)(C)C)cc1C(C)(C)C. The predicted molar refractivity (Wildman–Crippen MR) is 105 cm³/mol. The van der Waals surface area contributed by atoms with Gasteiger partial charge in [0.2, 0.25) is 0 Å². The molecule has 1 aliphatic carbocycles. The van der Waals surface area contributed by atoms with Crippen molar-refractivity contribution in [1.82, 2.24) is 0 Å². The van der Waals surface area contributed by atoms with Crippen LogP contribution in [0.4, 0.5) is 0 Å². The molecule has 1 aromatic rings. The first kappa shape index (κ1) is 19.0. The highest BCUT2D eigenvalue weighted by Crippen LogP contribution is 2.37. The Morgan fingerprint density at radius 3 is 2.08 bits per heavy atom. The molecule has 134 valence electrons. The minimum atomic E-state index is 0.0417. The Hall–Kier alpha value is -1.31. The van der Waals surface area contributed by atoms with E-state index in [0.29, 0.717) is 6.04 Å². The van der Waals surface area contributed by atoms with Crippen LogP contribution in [0.1, 0.15) is 90.3 Å². The molecule has 2 nitrogen and oxygen atoms in total. The maximum atomic E-state index is 5.82. The van der Waals surface area contributed by atoms with Crippen LogP contribution >= 0.6 is 0 Å². The third-order valence-corrected chi connectivity index (χ3v) is 4.99. The summed E-state index contributed by atoms with van der Waals surface area (Å²) < 4.78 is 5.82. The molecule has 24 heavy (non-hydrogen) atoms. The van der Waals surface area contributed by atoms with Gasteiger partial charge >= 0.3 is 0 Å². The molecule has 0 bridgehead atoms. The fraction of sp³-hybridized carbons (Fsp3) is 0.682. The van der Waals surface area contributed by atoms with E-state index in [2.05, 4.69) is 59.9 Å². The summed E-state index contributed by atoms with van der Waals surface area (Å²) in [5, 5.41) is 0. The van der Waals surface area contributed by atoms with E-state index in [4.69, 9.17) is 9.73 Å². The van der Waals surface area contributed by atoms with Crippen molar-refractivity contribution >= 4 is 6.21 Å². The van der Waals surface area contributed by atoms with Gasteiger partial charge in [-0.15, -0.1) is 0 Å². The first-order valence-corrected chi connectivity index (χ1v) is 9.39. The lowest BCUT2D eigenvalue weighted by Crippen LogP contribution is -2.19. The average molecular weight is 330 g/mol. The Morgan fingerprint density at radius 2 is 1.58 bits per heavy atom. The van der Waals surface area contributed by atoms with E-state index in [1.165, 1.54) is 43.2 Å². The topological polar surface area (TPSA) is 21.6 Å². The number of aliphatic imine (C=N–C) groups is 1. The molecule has 0 aromatic heterocycles. The zero-order chi connectivity index (χ0) is 18.0. The second-order valence-electron chi connectivity index (χ2n) is 9.22. The van der Waals surface area contributed by atoms with Gasteiger partial charge in [0, 0.05) is 23.4 Å². The van der Waals surface area contributed by atoms with E-state index >= 15 is 0 Å². The number of benzene rings is 1. The fourth-order valence-electron chi connectivity index (χ4n) is 3.38. The second kappa shape index (κ2) is 7.29. The van der Waals surface area contributed by atoms with E-state index in [1.807, 2.05) is 0 Å². The first-order valence-electron chi connectivity index (χ1n) is 9.39. The third-order valence-electron chi connectivity index (χ3n) is 4.99. The molecule has 0 unspecified atom stereocenters. The summed E-state index contributed by atoms with van der Waals surface area (Å²) in [6, 6.07) is 5.07. The summed E-state index contributed by atoms with van der Waals surface area (Å²) in [7, 11) is 1.78. The summed E-state index contributed by atoms with van der Waals surface area (Å²) in [6.45, 7) is 13.5. The Labute approximate surface area is 148 Å². The van der Waals surface area contributed by atoms with Gasteiger partial charge in [-0.3, -0.25) is 4.99 Å². The molecule has 0 atom stereocenters. The summed E-state index contributed by atoms with van der Waals surface area (Å²) in [5.74, 6) is 0.982. The predicted octanol–water partition coefficient (Wildman–Crippen LogP) is 6.04. The van der Waals surface area contributed by atoms with Crippen LogP contribution in [-0.4, -0.2) is 19.4 Å². The van der Waals surface area contributed by atoms with Crippen molar-refractivity contribution in [2.45, 2.75) is 90.5 Å². The Balaban J connectivity index is 2.49. The molecule has 2 heteroatoms. The molecule has 2 rings (SSSR count). The van der Waals surface area contributed by atoms with Gasteiger partial charge in [-0.05, 0) is 35.3 Å². The highest BCUT2D eigenvalue weighted by molar-refractivity contribution is 5.85. The van der Waals surface area contributed by atoms with Crippen LogP contribution < -0.4 is 4.74 Å². The molecule has 1 aromatic carbocycles. The van der Waals surface area contributed by atoms with E-state index in [0.717, 1.165) is 11.3 Å². The van der Waals surface area contributed by atoms with Crippen molar-refractivity contribution in [3.05, 3.63) is 28.8 Å². The number of nitrogens with zero attached hydrogens (tertiary/aromatic N) is 1. The Kier molecular flexibility index (Phi) is 5.78. The van der Waals surface area contributed by atoms with E-state index in [-0.39, 0.29) is 10.8 Å². The van der Waals surface area contributed by atoms with Crippen LogP contribution in [0.2, 0.25) is 0 Å². The first-order chi connectivity index (χ1) is 11.1. The van der Waals surface area contributed by atoms with Gasteiger partial charge in [0.05, 0.1) is 7.11 Å². The molecule has 1 saturated carbocycles. The lowest BCUT2D eigenvalue weighted by molar-refractivity contribution is 0.395. The minimum Gasteiger partial charge on any atom is -0.496 e. The van der Waals surface area contributed by atoms with Gasteiger partial charge in [0.1, 0.15) is 5.75 Å². The number of methoxy groups -OCH3 is 1. The van der Waals surface area contributed by atoms with Crippen LogP contribution in [0.15, 0.2) is 17.1 Å². The number of rotatable bonds is 3. The monoisotopic (exact) mass is 329 g/mol. The molecular weight excluding hydrogens is 294 g/mol. The van der Waals surface area contributed by atoms with Gasteiger partial charge in [-0.2, -0.15) is 0 Å². The van der Waals surface area contributed by atoms with Crippen molar-refractivity contribution in [1.29, 1.82) is 0 Å². The molecule has 0 amide bonds. The summed E-state index contributed by atoms with van der Waals surface area (Å²) >= 11 is 0. The summed E-state index contributed by atoms with van der Waals surface area (Å²) in [5.41, 5.74) is 3.89. The van der Waals surface area contributed by atoms with Crippen molar-refractivity contribution in [3.63, 3.8) is 0 Å². The molecule has 0 N–H and O–H groups in total. The summed E-state index contributed by atoms with van der Waals surface area (Å²) in [6.07, 6.45) is 8.51. The van der Waals surface area contributed by atoms with Crippen molar-refractivity contribution in [2.75, 3.05) is 7.11 Å². The lowest BCUT2D eigenvalue weighted by atomic mass is 9.79. The molecule has 0 radical (unpaired) electrons. The fourth-order valence-corrected chi connectivity index (χ4v) is 3.38. The van der Waals surface area contributed by atoms with Gasteiger partial charge in [0.15, 0.2) is 0 Å². The quantitative estimate of drug-likeness (QED) is 0.619. The van der Waals surface area contributed by atoms with Gasteiger partial charge < -0.3 is 4.74 Å². The van der Waals surface area contributed by atoms with Crippen LogP contribution in [0.5, 0.6) is 5.75 Å². The van der Waals surface area contributed by atoms with Crippen LogP contribution in [0.3, 0.4) is 0 Å². The van der Waals surface area contributed by atoms with E-state index in [1.54, 1.807) is 7.11 Å². The summed E-state index contributed by atoms with van der Waals surface area (Å²) in [4.78, 5) is 4.90. The third kappa shape index (κ3) is 4.62. The smallest absolute Gasteiger partial charge is 0.131 e. The molecule has 0 spiro atoms. The number of ether oxygens (including phenoxy) is 1. The van der Waals surface area contributed by atoms with Crippen molar-refractivity contribution in [3.8, 4) is 5.75 Å². The largest absolute Gasteiger partial charge is 0.496 e. The highest BCUT2D eigenvalue weighted by atomic mass is 16.5. The van der Waals surface area contributed by atoms with Crippen molar-refractivity contribution in [2.24, 2.45) is 4.99 Å². The molecule has 0 saturated heterocycles. The van der Waals surface area contributed by atoms with Crippen LogP contribution in [0, 0.1) is 0 Å². The molecule has 1 aliphatic rings. The van der Waals surface area contributed by atoms with Gasteiger partial charge in [-0.1, -0.05) is 66.9 Å².